The molecule has 0 fully saturated rings. The minimum absolute atomic E-state index is 0.0580. The summed E-state index contributed by atoms with van der Waals surface area (Å²) in [6, 6.07) is 7.37. The summed E-state index contributed by atoms with van der Waals surface area (Å²) in [5.74, 6) is 0.635. The molecule has 0 aliphatic heterocycles. The molecule has 0 heterocycles. The second kappa shape index (κ2) is 6.28. The van der Waals surface area contributed by atoms with Crippen molar-refractivity contribution in [2.24, 2.45) is 0 Å². The van der Waals surface area contributed by atoms with Crippen molar-refractivity contribution >= 4 is 27.5 Å². The Labute approximate surface area is 107 Å². The molecule has 0 spiro atoms. The van der Waals surface area contributed by atoms with E-state index in [-0.39, 0.29) is 11.8 Å². The van der Waals surface area contributed by atoms with Gasteiger partial charge in [0, 0.05) is 22.4 Å². The fourth-order valence-corrected chi connectivity index (χ4v) is 3.97. The average Bonchev–Trinajstić information content (AvgIpc) is 2.15. The molecule has 0 amide bonds. The first-order chi connectivity index (χ1) is 7.89. The first-order valence-corrected chi connectivity index (χ1v) is 8.01. The fraction of sp³-hybridized carbons (Fsp3) is 0.455. The van der Waals surface area contributed by atoms with Gasteiger partial charge in [0.15, 0.2) is 0 Å². The van der Waals surface area contributed by atoms with E-state index < -0.39 is 10.0 Å². The number of anilines is 1. The second-order valence-corrected chi connectivity index (χ2v) is 7.05. The second-order valence-electron chi connectivity index (χ2n) is 4.01. The summed E-state index contributed by atoms with van der Waals surface area (Å²) >= 11 is 1.49. The summed E-state index contributed by atoms with van der Waals surface area (Å²) in [6.45, 7) is 3.62. The molecule has 0 unspecified atom stereocenters. The zero-order chi connectivity index (χ0) is 12.9. The lowest BCUT2D eigenvalue weighted by molar-refractivity contribution is 0.571. The maximum absolute atomic E-state index is 11.5. The predicted octanol–water partition coefficient (Wildman–Crippen LogP) is 1.69. The molecule has 6 heteroatoms. The van der Waals surface area contributed by atoms with Gasteiger partial charge in [0.2, 0.25) is 10.0 Å². The van der Waals surface area contributed by atoms with Crippen LogP contribution < -0.4 is 10.5 Å². The molecule has 0 saturated heterocycles. The first kappa shape index (κ1) is 14.3. The maximum Gasteiger partial charge on any atom is 0.212 e. The summed E-state index contributed by atoms with van der Waals surface area (Å²) in [5.41, 5.74) is 6.33. The molecule has 17 heavy (non-hydrogen) atoms. The molecule has 0 radical (unpaired) electrons. The van der Waals surface area contributed by atoms with Gasteiger partial charge in [-0.05, 0) is 32.0 Å². The Morgan fingerprint density at radius 1 is 1.41 bits per heavy atom. The number of hydrogen-bond acceptors (Lipinski definition) is 4. The molecule has 4 nitrogen and oxygen atoms in total. The summed E-state index contributed by atoms with van der Waals surface area (Å²) in [4.78, 5) is 0.991. The Balaban J connectivity index is 2.43. The normalized spacial score (nSPS) is 11.9. The molecule has 0 atom stereocenters. The van der Waals surface area contributed by atoms with E-state index in [2.05, 4.69) is 4.72 Å². The minimum atomic E-state index is -3.16. The molecule has 96 valence electrons. The Kier molecular flexibility index (Phi) is 5.30. The predicted molar refractivity (Wildman–Crippen MR) is 73.6 cm³/mol. The highest BCUT2D eigenvalue weighted by Gasteiger charge is 2.11. The van der Waals surface area contributed by atoms with Crippen LogP contribution in [0.4, 0.5) is 5.69 Å². The van der Waals surface area contributed by atoms with E-state index in [0.29, 0.717) is 11.4 Å². The number of nitrogens with two attached hydrogens (primary N) is 1. The van der Waals surface area contributed by atoms with Crippen molar-refractivity contribution in [1.82, 2.24) is 4.72 Å². The quantitative estimate of drug-likeness (QED) is 0.611. The molecule has 0 aromatic heterocycles. The van der Waals surface area contributed by atoms with Crippen LogP contribution in [0.2, 0.25) is 0 Å². The molecular weight excluding hydrogens is 256 g/mol. The molecule has 3 N–H and O–H groups in total. The van der Waals surface area contributed by atoms with Crippen molar-refractivity contribution in [2.45, 2.75) is 24.8 Å². The number of thioether (sulfide) groups is 1. The Hall–Kier alpha value is -0.720. The summed E-state index contributed by atoms with van der Waals surface area (Å²) < 4.78 is 25.6. The van der Waals surface area contributed by atoms with Gasteiger partial charge in [-0.25, -0.2) is 13.1 Å². The van der Waals surface area contributed by atoms with Crippen LogP contribution in [0.1, 0.15) is 13.8 Å². The van der Waals surface area contributed by atoms with E-state index in [1.54, 1.807) is 6.07 Å². The number of rotatable bonds is 6. The van der Waals surface area contributed by atoms with Crippen LogP contribution in [0.5, 0.6) is 0 Å². The van der Waals surface area contributed by atoms with E-state index in [9.17, 15) is 8.42 Å². The lowest BCUT2D eigenvalue weighted by Gasteiger charge is -2.09. The first-order valence-electron chi connectivity index (χ1n) is 5.37. The van der Waals surface area contributed by atoms with Gasteiger partial charge in [0.1, 0.15) is 0 Å². The zero-order valence-corrected chi connectivity index (χ0v) is 11.6. The molecule has 0 aliphatic carbocycles. The van der Waals surface area contributed by atoms with Crippen molar-refractivity contribution in [3.8, 4) is 0 Å². The third kappa shape index (κ3) is 5.95. The third-order valence-corrected chi connectivity index (χ3v) is 4.72. The molecule has 0 aliphatic rings. The lowest BCUT2D eigenvalue weighted by Crippen LogP contribution is -2.32. The monoisotopic (exact) mass is 274 g/mol. The van der Waals surface area contributed by atoms with Crippen LogP contribution in [-0.2, 0) is 10.0 Å². The van der Waals surface area contributed by atoms with Crippen LogP contribution in [0.25, 0.3) is 0 Å². The van der Waals surface area contributed by atoms with Crippen molar-refractivity contribution in [3.63, 3.8) is 0 Å². The number of hydrogen-bond donors (Lipinski definition) is 2. The fourth-order valence-electron chi connectivity index (χ4n) is 1.29. The average molecular weight is 274 g/mol. The van der Waals surface area contributed by atoms with E-state index >= 15 is 0 Å². The van der Waals surface area contributed by atoms with E-state index in [1.165, 1.54) is 11.8 Å². The highest BCUT2D eigenvalue weighted by molar-refractivity contribution is 8.00. The van der Waals surface area contributed by atoms with Crippen molar-refractivity contribution in [1.29, 1.82) is 0 Å². The topological polar surface area (TPSA) is 72.2 Å². The van der Waals surface area contributed by atoms with Gasteiger partial charge in [0.05, 0.1) is 5.75 Å². The van der Waals surface area contributed by atoms with E-state index in [0.717, 1.165) is 4.90 Å². The number of sulfonamides is 1. The standard InChI is InChI=1S/C11H18N2O2S2/c1-9(2)13-17(14,15)7-6-16-11-5-3-4-10(12)8-11/h3-5,8-9,13H,6-7,12H2,1-2H3. The zero-order valence-electron chi connectivity index (χ0n) is 10.0. The summed E-state index contributed by atoms with van der Waals surface area (Å²) in [5, 5.41) is 0. The van der Waals surface area contributed by atoms with Crippen LogP contribution in [0, 0.1) is 0 Å². The van der Waals surface area contributed by atoms with Gasteiger partial charge >= 0.3 is 0 Å². The van der Waals surface area contributed by atoms with Gasteiger partial charge in [0.25, 0.3) is 0 Å². The van der Waals surface area contributed by atoms with Crippen molar-refractivity contribution in [3.05, 3.63) is 24.3 Å². The summed E-state index contributed by atoms with van der Waals surface area (Å²) in [7, 11) is -3.16. The van der Waals surface area contributed by atoms with Gasteiger partial charge in [-0.1, -0.05) is 6.07 Å². The minimum Gasteiger partial charge on any atom is -0.399 e. The number of nitrogen functional groups attached to an aromatic ring is 1. The molecule has 1 aromatic carbocycles. The van der Waals surface area contributed by atoms with Gasteiger partial charge in [-0.15, -0.1) is 11.8 Å². The molecule has 1 aromatic rings. The molecule has 1 rings (SSSR count). The Bertz CT molecular complexity index is 458. The van der Waals surface area contributed by atoms with Crippen LogP contribution in [0.15, 0.2) is 29.2 Å². The van der Waals surface area contributed by atoms with Crippen molar-refractivity contribution in [2.75, 3.05) is 17.2 Å². The highest BCUT2D eigenvalue weighted by atomic mass is 32.2. The smallest absolute Gasteiger partial charge is 0.212 e. The van der Waals surface area contributed by atoms with E-state index in [4.69, 9.17) is 5.73 Å². The van der Waals surface area contributed by atoms with Crippen molar-refractivity contribution < 1.29 is 8.42 Å². The van der Waals surface area contributed by atoms with Crippen LogP contribution >= 0.6 is 11.8 Å². The third-order valence-electron chi connectivity index (χ3n) is 1.89. The molecule has 0 bridgehead atoms. The number of nitrogens with one attached hydrogen (secondary N) is 1. The SMILES string of the molecule is CC(C)NS(=O)(=O)CCSc1cccc(N)c1. The Morgan fingerprint density at radius 2 is 2.12 bits per heavy atom. The van der Waals surface area contributed by atoms with Gasteiger partial charge in [-0.3, -0.25) is 0 Å². The van der Waals surface area contributed by atoms with Gasteiger partial charge < -0.3 is 5.73 Å². The molecule has 0 saturated carbocycles. The van der Waals surface area contributed by atoms with Crippen LogP contribution in [-0.4, -0.2) is 26.0 Å². The van der Waals surface area contributed by atoms with Gasteiger partial charge in [-0.2, -0.15) is 0 Å². The maximum atomic E-state index is 11.5. The highest BCUT2D eigenvalue weighted by Crippen LogP contribution is 2.20. The largest absolute Gasteiger partial charge is 0.399 e. The van der Waals surface area contributed by atoms with E-state index in [1.807, 2.05) is 32.0 Å². The summed E-state index contributed by atoms with van der Waals surface area (Å²) in [6.07, 6.45) is 0. The Morgan fingerprint density at radius 3 is 2.71 bits per heavy atom. The molecular formula is C11H18N2O2S2. The lowest BCUT2D eigenvalue weighted by atomic mass is 10.3. The van der Waals surface area contributed by atoms with Crippen LogP contribution in [0.3, 0.4) is 0 Å². The number of benzene rings is 1.